The Kier molecular flexibility index (Phi) is 4.77. The Morgan fingerprint density at radius 1 is 1.53 bits per heavy atom. The first-order chi connectivity index (χ1) is 9.15. The number of nitrogens with two attached hydrogens (primary N) is 1. The highest BCUT2D eigenvalue weighted by Crippen LogP contribution is 2.30. The molecule has 0 bridgehead atoms. The lowest BCUT2D eigenvalue weighted by Gasteiger charge is -2.15. The zero-order valence-corrected chi connectivity index (χ0v) is 11.5. The van der Waals surface area contributed by atoms with Crippen molar-refractivity contribution in [3.63, 3.8) is 0 Å². The molecular weight excluding hydrogens is 240 g/mol. The van der Waals surface area contributed by atoms with Crippen LogP contribution in [0.25, 0.3) is 0 Å². The summed E-state index contributed by atoms with van der Waals surface area (Å²) in [6.07, 6.45) is 7.72. The van der Waals surface area contributed by atoms with Crippen molar-refractivity contribution in [2.45, 2.75) is 45.6 Å². The fourth-order valence-corrected chi connectivity index (χ4v) is 2.72. The smallest absolute Gasteiger partial charge is 0.308 e. The van der Waals surface area contributed by atoms with Gasteiger partial charge < -0.3 is 10.5 Å². The molecule has 1 aromatic heterocycles. The third-order valence-corrected chi connectivity index (χ3v) is 3.79. The average Bonchev–Trinajstić information content (AvgIpc) is 2.89. The number of ether oxygens (including phenoxy) is 1. The Hall–Kier alpha value is -1.58. The Labute approximate surface area is 114 Å². The first-order valence-electron chi connectivity index (χ1n) is 7.02. The van der Waals surface area contributed by atoms with Crippen LogP contribution < -0.4 is 5.73 Å². The van der Waals surface area contributed by atoms with E-state index in [1.54, 1.807) is 12.3 Å². The predicted molar refractivity (Wildman–Crippen MR) is 74.2 cm³/mol. The summed E-state index contributed by atoms with van der Waals surface area (Å²) in [4.78, 5) is 15.8. The van der Waals surface area contributed by atoms with Gasteiger partial charge >= 0.3 is 5.97 Å². The van der Waals surface area contributed by atoms with Crippen molar-refractivity contribution >= 4 is 11.8 Å². The van der Waals surface area contributed by atoms with Crippen molar-refractivity contribution in [1.29, 1.82) is 0 Å². The normalized spacial score (nSPS) is 17.3. The van der Waals surface area contributed by atoms with E-state index in [2.05, 4.69) is 4.98 Å². The van der Waals surface area contributed by atoms with Crippen molar-refractivity contribution in [3.05, 3.63) is 23.9 Å². The molecule has 1 saturated carbocycles. The summed E-state index contributed by atoms with van der Waals surface area (Å²) in [6, 6.07) is 3.54. The van der Waals surface area contributed by atoms with Crippen molar-refractivity contribution in [1.82, 2.24) is 4.98 Å². The van der Waals surface area contributed by atoms with E-state index in [0.29, 0.717) is 11.7 Å². The van der Waals surface area contributed by atoms with Crippen LogP contribution in [0.4, 0.5) is 5.82 Å². The summed E-state index contributed by atoms with van der Waals surface area (Å²) in [5.41, 5.74) is 6.47. The van der Waals surface area contributed by atoms with E-state index < -0.39 is 0 Å². The van der Waals surface area contributed by atoms with Gasteiger partial charge in [0.2, 0.25) is 0 Å². The second kappa shape index (κ2) is 6.55. The Balaban J connectivity index is 1.76. The van der Waals surface area contributed by atoms with Gasteiger partial charge in [0, 0.05) is 6.20 Å². The average molecular weight is 262 g/mol. The fourth-order valence-electron chi connectivity index (χ4n) is 2.72. The number of nitrogen functional groups attached to an aromatic ring is 1. The molecule has 4 heteroatoms. The molecule has 1 atom stereocenters. The molecule has 1 heterocycles. The molecule has 0 radical (unpaired) electrons. The zero-order chi connectivity index (χ0) is 13.7. The summed E-state index contributed by atoms with van der Waals surface area (Å²) in [5, 5.41) is 0. The van der Waals surface area contributed by atoms with Gasteiger partial charge in [0.1, 0.15) is 12.4 Å². The number of hydrogen-bond acceptors (Lipinski definition) is 4. The highest BCUT2D eigenvalue weighted by molar-refractivity contribution is 5.72. The van der Waals surface area contributed by atoms with E-state index in [4.69, 9.17) is 10.5 Å². The molecule has 0 aromatic carbocycles. The lowest BCUT2D eigenvalue weighted by Crippen LogP contribution is -2.17. The van der Waals surface area contributed by atoms with Gasteiger partial charge in [0.05, 0.1) is 5.92 Å². The van der Waals surface area contributed by atoms with Gasteiger partial charge in [-0.1, -0.05) is 32.6 Å². The summed E-state index contributed by atoms with van der Waals surface area (Å²) in [5.74, 6) is 1.04. The van der Waals surface area contributed by atoms with Crippen molar-refractivity contribution in [2.75, 3.05) is 5.73 Å². The number of pyridine rings is 1. The quantitative estimate of drug-likeness (QED) is 0.829. The molecule has 0 aliphatic heterocycles. The first-order valence-corrected chi connectivity index (χ1v) is 7.02. The SMILES string of the molecule is CC(CC1CCCC1)C(=O)OCc1ccnc(N)c1. The maximum absolute atomic E-state index is 11.9. The van der Waals surface area contributed by atoms with Crippen LogP contribution in [0.2, 0.25) is 0 Å². The Morgan fingerprint density at radius 2 is 2.26 bits per heavy atom. The van der Waals surface area contributed by atoms with Gasteiger partial charge in [0.25, 0.3) is 0 Å². The lowest BCUT2D eigenvalue weighted by molar-refractivity contribution is -0.149. The summed E-state index contributed by atoms with van der Waals surface area (Å²) in [6.45, 7) is 2.24. The van der Waals surface area contributed by atoms with Crippen LogP contribution in [0.3, 0.4) is 0 Å². The van der Waals surface area contributed by atoms with Gasteiger partial charge in [-0.15, -0.1) is 0 Å². The number of nitrogens with zero attached hydrogens (tertiary/aromatic N) is 1. The Bertz CT molecular complexity index is 428. The summed E-state index contributed by atoms with van der Waals surface area (Å²) < 4.78 is 5.33. The third-order valence-electron chi connectivity index (χ3n) is 3.79. The zero-order valence-electron chi connectivity index (χ0n) is 11.5. The highest BCUT2D eigenvalue weighted by Gasteiger charge is 2.22. The van der Waals surface area contributed by atoms with Crippen LogP contribution in [-0.4, -0.2) is 11.0 Å². The Morgan fingerprint density at radius 3 is 2.95 bits per heavy atom. The molecule has 4 nitrogen and oxygen atoms in total. The van der Waals surface area contributed by atoms with Gasteiger partial charge in [-0.3, -0.25) is 4.79 Å². The predicted octanol–water partition coefficient (Wildman–Crippen LogP) is 2.92. The van der Waals surface area contributed by atoms with Crippen LogP contribution in [0.5, 0.6) is 0 Å². The molecule has 104 valence electrons. The molecule has 1 aliphatic carbocycles. The van der Waals surface area contributed by atoms with Gasteiger partial charge in [0.15, 0.2) is 0 Å². The molecule has 2 rings (SSSR count). The molecule has 1 unspecified atom stereocenters. The van der Waals surface area contributed by atoms with Crippen molar-refractivity contribution in [2.24, 2.45) is 11.8 Å². The molecule has 1 aliphatic rings. The number of rotatable bonds is 5. The van der Waals surface area contributed by atoms with E-state index in [-0.39, 0.29) is 18.5 Å². The second-order valence-electron chi connectivity index (χ2n) is 5.48. The topological polar surface area (TPSA) is 65.2 Å². The monoisotopic (exact) mass is 262 g/mol. The largest absolute Gasteiger partial charge is 0.461 e. The molecule has 2 N–H and O–H groups in total. The standard InChI is InChI=1S/C15H22N2O2/c1-11(8-12-4-2-3-5-12)15(18)19-10-13-6-7-17-14(16)9-13/h6-7,9,11-12H,2-5,8,10H2,1H3,(H2,16,17). The van der Waals surface area contributed by atoms with Crippen LogP contribution >= 0.6 is 0 Å². The number of aromatic nitrogens is 1. The van der Waals surface area contributed by atoms with Crippen LogP contribution in [-0.2, 0) is 16.1 Å². The molecule has 0 spiro atoms. The van der Waals surface area contributed by atoms with Gasteiger partial charge in [-0.25, -0.2) is 4.98 Å². The van der Waals surface area contributed by atoms with E-state index in [0.717, 1.165) is 12.0 Å². The van der Waals surface area contributed by atoms with Crippen LogP contribution in [0.15, 0.2) is 18.3 Å². The maximum atomic E-state index is 11.9. The first kappa shape index (κ1) is 13.8. The van der Waals surface area contributed by atoms with E-state index in [9.17, 15) is 4.79 Å². The molecule has 1 aromatic rings. The number of carbonyl (C=O) groups excluding carboxylic acids is 1. The fraction of sp³-hybridized carbons (Fsp3) is 0.600. The van der Waals surface area contributed by atoms with Gasteiger partial charge in [-0.2, -0.15) is 0 Å². The van der Waals surface area contributed by atoms with Crippen molar-refractivity contribution in [3.8, 4) is 0 Å². The number of hydrogen-bond donors (Lipinski definition) is 1. The number of esters is 1. The molecule has 1 fully saturated rings. The molecule has 19 heavy (non-hydrogen) atoms. The van der Waals surface area contributed by atoms with Crippen molar-refractivity contribution < 1.29 is 9.53 Å². The van der Waals surface area contributed by atoms with E-state index >= 15 is 0 Å². The minimum absolute atomic E-state index is 0.0118. The minimum Gasteiger partial charge on any atom is -0.461 e. The van der Waals surface area contributed by atoms with Crippen LogP contribution in [0.1, 0.15) is 44.6 Å². The maximum Gasteiger partial charge on any atom is 0.308 e. The lowest BCUT2D eigenvalue weighted by atomic mass is 9.95. The molecule has 0 saturated heterocycles. The van der Waals surface area contributed by atoms with Crippen LogP contribution in [0, 0.1) is 11.8 Å². The highest BCUT2D eigenvalue weighted by atomic mass is 16.5. The van der Waals surface area contributed by atoms with Gasteiger partial charge in [-0.05, 0) is 30.0 Å². The minimum atomic E-state index is -0.109. The molecular formula is C15H22N2O2. The second-order valence-corrected chi connectivity index (χ2v) is 5.48. The summed E-state index contributed by atoms with van der Waals surface area (Å²) >= 11 is 0. The number of anilines is 1. The summed E-state index contributed by atoms with van der Waals surface area (Å²) in [7, 11) is 0. The van der Waals surface area contributed by atoms with E-state index in [1.165, 1.54) is 25.7 Å². The number of carbonyl (C=O) groups is 1. The molecule has 0 amide bonds. The van der Waals surface area contributed by atoms with E-state index in [1.807, 2.05) is 13.0 Å². The third kappa shape index (κ3) is 4.23.